The lowest BCUT2D eigenvalue weighted by atomic mass is 10.1. The van der Waals surface area contributed by atoms with Crippen LogP contribution in [0.5, 0.6) is 11.5 Å². The molecule has 0 unspecified atom stereocenters. The van der Waals surface area contributed by atoms with Crippen LogP contribution in [-0.2, 0) is 11.8 Å². The van der Waals surface area contributed by atoms with E-state index in [4.69, 9.17) is 14.2 Å². The average molecular weight is 427 g/mol. The number of hydrogen-bond donors (Lipinski definition) is 2. The third-order valence-corrected chi connectivity index (χ3v) is 5.09. The number of hydrogen-bond acceptors (Lipinski definition) is 6. The predicted molar refractivity (Wildman–Crippen MR) is 121 cm³/mol. The number of ether oxygens (including phenoxy) is 3. The van der Waals surface area contributed by atoms with Gasteiger partial charge in [-0.05, 0) is 63.2 Å². The molecule has 2 aromatic carbocycles. The summed E-state index contributed by atoms with van der Waals surface area (Å²) in [4.78, 5) is 12.4. The molecule has 0 saturated carbocycles. The molecule has 0 amide bonds. The minimum absolute atomic E-state index is 0.121. The molecule has 0 bridgehead atoms. The van der Waals surface area contributed by atoms with Gasteiger partial charge in [0.05, 0.1) is 18.8 Å². The van der Waals surface area contributed by atoms with Gasteiger partial charge in [-0.2, -0.15) is 0 Å². The Balaban J connectivity index is 1.62. The Bertz CT molecular complexity index is 1030. The molecule has 166 valence electrons. The monoisotopic (exact) mass is 426 g/mol. The highest BCUT2D eigenvalue weighted by molar-refractivity contribution is 6.06. The van der Waals surface area contributed by atoms with Crippen LogP contribution in [0, 0.1) is 6.92 Å². The number of nitrogens with one attached hydrogen (secondary N) is 1. The molecule has 7 heteroatoms. The van der Waals surface area contributed by atoms with Gasteiger partial charge in [0.1, 0.15) is 24.2 Å². The van der Waals surface area contributed by atoms with Crippen molar-refractivity contribution in [3.05, 3.63) is 53.7 Å². The molecule has 1 heterocycles. The van der Waals surface area contributed by atoms with E-state index in [1.807, 2.05) is 67.9 Å². The van der Waals surface area contributed by atoms with Crippen LogP contribution in [0.25, 0.3) is 10.9 Å². The summed E-state index contributed by atoms with van der Waals surface area (Å²) in [6.07, 6.45) is -0.704. The van der Waals surface area contributed by atoms with E-state index in [2.05, 4.69) is 5.32 Å². The van der Waals surface area contributed by atoms with Crippen molar-refractivity contribution < 1.29 is 24.1 Å². The van der Waals surface area contributed by atoms with E-state index in [1.165, 1.54) is 0 Å². The highest BCUT2D eigenvalue weighted by atomic mass is 16.5. The van der Waals surface area contributed by atoms with Crippen LogP contribution in [0.4, 0.5) is 5.69 Å². The van der Waals surface area contributed by atoms with E-state index in [1.54, 1.807) is 6.92 Å². The Labute approximate surface area is 182 Å². The maximum atomic E-state index is 12.4. The summed E-state index contributed by atoms with van der Waals surface area (Å²) in [6.45, 7) is 7.03. The lowest BCUT2D eigenvalue weighted by Crippen LogP contribution is -2.26. The van der Waals surface area contributed by atoms with Gasteiger partial charge in [0.25, 0.3) is 0 Å². The predicted octanol–water partition coefficient (Wildman–Crippen LogP) is 3.91. The van der Waals surface area contributed by atoms with Crippen LogP contribution in [0.15, 0.2) is 42.5 Å². The third-order valence-electron chi connectivity index (χ3n) is 5.09. The second kappa shape index (κ2) is 10.2. The molecule has 31 heavy (non-hydrogen) atoms. The van der Waals surface area contributed by atoms with E-state index < -0.39 is 6.10 Å². The van der Waals surface area contributed by atoms with Crippen LogP contribution in [0.2, 0.25) is 0 Å². The van der Waals surface area contributed by atoms with Crippen LogP contribution < -0.4 is 14.8 Å². The van der Waals surface area contributed by atoms with Gasteiger partial charge in [-0.1, -0.05) is 0 Å². The molecule has 0 aliphatic heterocycles. The van der Waals surface area contributed by atoms with Crippen molar-refractivity contribution in [1.82, 2.24) is 4.57 Å². The first-order chi connectivity index (χ1) is 14.9. The number of nitrogens with zero attached hydrogens (tertiary/aromatic N) is 1. The molecule has 0 aliphatic carbocycles. The van der Waals surface area contributed by atoms with Crippen molar-refractivity contribution in [2.75, 3.05) is 31.7 Å². The normalized spacial score (nSPS) is 11.9. The van der Waals surface area contributed by atoms with Crippen LogP contribution >= 0.6 is 0 Å². The Morgan fingerprint density at radius 1 is 1.06 bits per heavy atom. The minimum atomic E-state index is -0.704. The van der Waals surface area contributed by atoms with Gasteiger partial charge in [0.2, 0.25) is 0 Å². The molecule has 0 radical (unpaired) electrons. The number of fused-ring (bicyclic) bond motifs is 1. The summed E-state index contributed by atoms with van der Waals surface area (Å²) in [5.74, 6) is 1.05. The van der Waals surface area contributed by atoms with Gasteiger partial charge < -0.3 is 29.2 Å². The average Bonchev–Trinajstić information content (AvgIpc) is 3.02. The molecule has 0 fully saturated rings. The molecule has 2 N–H and O–H groups in total. The number of carbonyl (C=O) groups is 1. The maximum absolute atomic E-state index is 12.4. The van der Waals surface area contributed by atoms with E-state index in [-0.39, 0.29) is 12.6 Å². The molecule has 0 saturated heterocycles. The van der Waals surface area contributed by atoms with Crippen LogP contribution in [0.3, 0.4) is 0 Å². The highest BCUT2D eigenvalue weighted by Crippen LogP contribution is 2.29. The quantitative estimate of drug-likeness (QED) is 0.479. The number of aromatic nitrogens is 1. The number of anilines is 1. The molecule has 7 nitrogen and oxygen atoms in total. The summed E-state index contributed by atoms with van der Waals surface area (Å²) < 4.78 is 18.4. The number of benzene rings is 2. The molecule has 0 spiro atoms. The van der Waals surface area contributed by atoms with E-state index in [0.717, 1.165) is 28.0 Å². The lowest BCUT2D eigenvalue weighted by Gasteiger charge is -2.14. The van der Waals surface area contributed by atoms with E-state index >= 15 is 0 Å². The Morgan fingerprint density at radius 2 is 1.77 bits per heavy atom. The first kappa shape index (κ1) is 22.5. The fourth-order valence-electron chi connectivity index (χ4n) is 3.42. The molecular weight excluding hydrogens is 396 g/mol. The number of esters is 1. The van der Waals surface area contributed by atoms with Gasteiger partial charge >= 0.3 is 5.97 Å². The van der Waals surface area contributed by atoms with E-state index in [0.29, 0.717) is 31.1 Å². The smallest absolute Gasteiger partial charge is 0.340 e. The Hall–Kier alpha value is -3.19. The molecular formula is C24H30N2O5. The second-order valence-electron chi connectivity index (χ2n) is 7.22. The van der Waals surface area contributed by atoms with Gasteiger partial charge in [0.15, 0.2) is 0 Å². The largest absolute Gasteiger partial charge is 0.494 e. The maximum Gasteiger partial charge on any atom is 0.340 e. The minimum Gasteiger partial charge on any atom is -0.494 e. The Kier molecular flexibility index (Phi) is 7.41. The number of aliphatic hydroxyl groups is 1. The molecule has 3 rings (SSSR count). The zero-order valence-corrected chi connectivity index (χ0v) is 18.5. The van der Waals surface area contributed by atoms with Crippen molar-refractivity contribution >= 4 is 22.6 Å². The molecule has 1 aromatic heterocycles. The fraction of sp³-hybridized carbons (Fsp3) is 0.375. The van der Waals surface area contributed by atoms with Gasteiger partial charge in [-0.25, -0.2) is 4.79 Å². The van der Waals surface area contributed by atoms with Crippen molar-refractivity contribution in [3.8, 4) is 11.5 Å². The number of rotatable bonds is 10. The Morgan fingerprint density at radius 3 is 2.45 bits per heavy atom. The summed E-state index contributed by atoms with van der Waals surface area (Å²) in [6, 6.07) is 13.1. The molecule has 1 atom stereocenters. The highest BCUT2D eigenvalue weighted by Gasteiger charge is 2.20. The second-order valence-corrected chi connectivity index (χ2v) is 7.22. The van der Waals surface area contributed by atoms with Crippen molar-refractivity contribution in [2.24, 2.45) is 7.05 Å². The summed E-state index contributed by atoms with van der Waals surface area (Å²) in [5, 5.41) is 14.2. The molecule has 3 aromatic rings. The SMILES string of the molecule is CCOC(=O)c1c(C)n(C)c2ccc(OC[C@H](O)CNc3ccc(OCC)cc3)cc12. The fourth-order valence-corrected chi connectivity index (χ4v) is 3.42. The lowest BCUT2D eigenvalue weighted by molar-refractivity contribution is 0.0527. The summed E-state index contributed by atoms with van der Waals surface area (Å²) in [5.41, 5.74) is 3.20. The summed E-state index contributed by atoms with van der Waals surface area (Å²) in [7, 11) is 1.91. The van der Waals surface area contributed by atoms with Gasteiger partial charge in [-0.15, -0.1) is 0 Å². The van der Waals surface area contributed by atoms with Gasteiger partial charge in [-0.3, -0.25) is 0 Å². The number of aliphatic hydroxyl groups excluding tert-OH is 1. The van der Waals surface area contributed by atoms with Crippen molar-refractivity contribution in [2.45, 2.75) is 26.9 Å². The van der Waals surface area contributed by atoms with Gasteiger partial charge in [0, 0.05) is 35.9 Å². The zero-order chi connectivity index (χ0) is 22.4. The molecule has 0 aliphatic rings. The summed E-state index contributed by atoms with van der Waals surface area (Å²) >= 11 is 0. The number of carbonyl (C=O) groups excluding carboxylic acids is 1. The first-order valence-corrected chi connectivity index (χ1v) is 10.5. The van der Waals surface area contributed by atoms with Crippen LogP contribution in [-0.4, -0.2) is 48.1 Å². The van der Waals surface area contributed by atoms with E-state index in [9.17, 15) is 9.90 Å². The standard InChI is InChI=1S/C24H30N2O5/c1-5-29-19-9-7-17(8-10-19)25-14-18(27)15-31-20-11-12-22-21(13-20)23(16(3)26(22)4)24(28)30-6-2/h7-13,18,25,27H,5-6,14-15H2,1-4H3/t18-/m1/s1. The zero-order valence-electron chi connectivity index (χ0n) is 18.5. The number of aryl methyl sites for hydroxylation is 1. The third kappa shape index (κ3) is 5.30. The topological polar surface area (TPSA) is 82.0 Å². The van der Waals surface area contributed by atoms with Crippen molar-refractivity contribution in [3.63, 3.8) is 0 Å². The van der Waals surface area contributed by atoms with Crippen molar-refractivity contribution in [1.29, 1.82) is 0 Å². The first-order valence-electron chi connectivity index (χ1n) is 10.5. The van der Waals surface area contributed by atoms with Crippen LogP contribution in [0.1, 0.15) is 29.9 Å².